The van der Waals surface area contributed by atoms with Gasteiger partial charge in [0.25, 0.3) is 0 Å². The largest absolute Gasteiger partial charge is 0.462 e. The van der Waals surface area contributed by atoms with Crippen LogP contribution in [-0.2, 0) is 10.2 Å². The van der Waals surface area contributed by atoms with E-state index < -0.39 is 0 Å². The van der Waals surface area contributed by atoms with Crippen LogP contribution in [0.25, 0.3) is 0 Å². The topological polar surface area (TPSA) is 50.4 Å². The Hall–Kier alpha value is -2.40. The van der Waals surface area contributed by atoms with Crippen molar-refractivity contribution >= 4 is 29.0 Å². The van der Waals surface area contributed by atoms with Gasteiger partial charge in [-0.1, -0.05) is 51.1 Å². The zero-order chi connectivity index (χ0) is 20.0. The predicted octanol–water partition coefficient (Wildman–Crippen LogP) is 5.21. The van der Waals surface area contributed by atoms with Crippen LogP contribution in [0.5, 0.6) is 0 Å². The fourth-order valence-electron chi connectivity index (χ4n) is 2.66. The monoisotopic (exact) mass is 384 g/mol. The van der Waals surface area contributed by atoms with Gasteiger partial charge in [-0.15, -0.1) is 0 Å². The average molecular weight is 385 g/mol. The molecule has 0 saturated heterocycles. The Kier molecular flexibility index (Phi) is 6.97. The molecule has 0 unspecified atom stereocenters. The highest BCUT2D eigenvalue weighted by molar-refractivity contribution is 7.80. The van der Waals surface area contributed by atoms with Crippen molar-refractivity contribution in [2.75, 3.05) is 11.9 Å². The zero-order valence-corrected chi connectivity index (χ0v) is 17.4. The summed E-state index contributed by atoms with van der Waals surface area (Å²) < 4.78 is 5.03. The number of ether oxygens (including phenoxy) is 1. The maximum Gasteiger partial charge on any atom is 0.338 e. The Morgan fingerprint density at radius 3 is 2.41 bits per heavy atom. The van der Waals surface area contributed by atoms with Crippen molar-refractivity contribution in [3.8, 4) is 0 Å². The number of carbonyl (C=O) groups excluding carboxylic acids is 1. The van der Waals surface area contributed by atoms with Gasteiger partial charge in [0.05, 0.1) is 18.2 Å². The zero-order valence-electron chi connectivity index (χ0n) is 16.6. The van der Waals surface area contributed by atoms with Crippen molar-refractivity contribution in [1.82, 2.24) is 5.32 Å². The SMILES string of the molecule is CCOC(=O)c1cccc(NC(=S)N[C@@H](C)c2ccc(C(C)(C)C)cc2)c1. The molecule has 2 rings (SSSR count). The number of esters is 1. The number of hydrogen-bond acceptors (Lipinski definition) is 3. The van der Waals surface area contributed by atoms with Gasteiger partial charge < -0.3 is 15.4 Å². The van der Waals surface area contributed by atoms with Gasteiger partial charge in [-0.2, -0.15) is 0 Å². The third-order valence-corrected chi connectivity index (χ3v) is 4.48. The normalized spacial score (nSPS) is 12.2. The van der Waals surface area contributed by atoms with E-state index in [0.29, 0.717) is 17.3 Å². The number of hydrogen-bond donors (Lipinski definition) is 2. The number of anilines is 1. The Morgan fingerprint density at radius 1 is 1.15 bits per heavy atom. The Labute approximate surface area is 167 Å². The van der Waals surface area contributed by atoms with Crippen molar-refractivity contribution in [2.24, 2.45) is 0 Å². The standard InChI is InChI=1S/C22H28N2O2S/c1-6-26-20(25)17-8-7-9-19(14-17)24-21(27)23-15(2)16-10-12-18(13-11-16)22(3,4)5/h7-15H,6H2,1-5H3,(H2,23,24,27)/t15-/m0/s1. The quantitative estimate of drug-likeness (QED) is 0.547. The van der Waals surface area contributed by atoms with Crippen molar-refractivity contribution in [1.29, 1.82) is 0 Å². The van der Waals surface area contributed by atoms with E-state index in [9.17, 15) is 4.79 Å². The highest BCUT2D eigenvalue weighted by Gasteiger charge is 2.14. The minimum absolute atomic E-state index is 0.0623. The molecule has 5 heteroatoms. The molecular formula is C22H28N2O2S. The molecule has 2 aromatic rings. The predicted molar refractivity (Wildman–Crippen MR) is 115 cm³/mol. The summed E-state index contributed by atoms with van der Waals surface area (Å²) in [6, 6.07) is 15.7. The van der Waals surface area contributed by atoms with E-state index in [1.165, 1.54) is 5.56 Å². The maximum absolute atomic E-state index is 11.8. The molecule has 27 heavy (non-hydrogen) atoms. The molecule has 2 aromatic carbocycles. The molecule has 0 saturated carbocycles. The summed E-state index contributed by atoms with van der Waals surface area (Å²) in [6.45, 7) is 10.8. The molecule has 0 aliphatic rings. The maximum atomic E-state index is 11.8. The second-order valence-electron chi connectivity index (χ2n) is 7.49. The lowest BCUT2D eigenvalue weighted by Crippen LogP contribution is -2.31. The van der Waals surface area contributed by atoms with E-state index >= 15 is 0 Å². The van der Waals surface area contributed by atoms with Gasteiger partial charge in [-0.3, -0.25) is 0 Å². The molecule has 1 atom stereocenters. The van der Waals surface area contributed by atoms with E-state index in [-0.39, 0.29) is 17.4 Å². The summed E-state index contributed by atoms with van der Waals surface area (Å²) >= 11 is 5.42. The molecule has 0 aliphatic heterocycles. The van der Waals surface area contributed by atoms with Crippen molar-refractivity contribution in [2.45, 2.75) is 46.1 Å². The minimum Gasteiger partial charge on any atom is -0.462 e. The highest BCUT2D eigenvalue weighted by Crippen LogP contribution is 2.24. The van der Waals surface area contributed by atoms with Crippen molar-refractivity contribution in [3.63, 3.8) is 0 Å². The average Bonchev–Trinajstić information content (AvgIpc) is 2.61. The number of nitrogens with one attached hydrogen (secondary N) is 2. The van der Waals surface area contributed by atoms with Crippen LogP contribution >= 0.6 is 12.2 Å². The first-order valence-electron chi connectivity index (χ1n) is 9.16. The van der Waals surface area contributed by atoms with Gasteiger partial charge in [-0.05, 0) is 60.8 Å². The van der Waals surface area contributed by atoms with Crippen LogP contribution in [0.15, 0.2) is 48.5 Å². The van der Waals surface area contributed by atoms with Gasteiger partial charge >= 0.3 is 5.97 Å². The summed E-state index contributed by atoms with van der Waals surface area (Å²) in [6.07, 6.45) is 0. The van der Waals surface area contributed by atoms with E-state index in [0.717, 1.165) is 11.3 Å². The summed E-state index contributed by atoms with van der Waals surface area (Å²) in [7, 11) is 0. The lowest BCUT2D eigenvalue weighted by Gasteiger charge is -2.21. The van der Waals surface area contributed by atoms with Crippen molar-refractivity contribution < 1.29 is 9.53 Å². The first kappa shape index (κ1) is 20.9. The van der Waals surface area contributed by atoms with E-state index in [1.54, 1.807) is 25.1 Å². The lowest BCUT2D eigenvalue weighted by atomic mass is 9.86. The summed E-state index contributed by atoms with van der Waals surface area (Å²) in [5, 5.41) is 6.91. The van der Waals surface area contributed by atoms with E-state index in [2.05, 4.69) is 62.6 Å². The highest BCUT2D eigenvalue weighted by atomic mass is 32.1. The minimum atomic E-state index is -0.340. The van der Waals surface area contributed by atoms with E-state index in [4.69, 9.17) is 17.0 Å². The number of carbonyl (C=O) groups is 1. The van der Waals surface area contributed by atoms with Crippen LogP contribution in [0, 0.1) is 0 Å². The molecule has 0 heterocycles. The fraction of sp³-hybridized carbons (Fsp3) is 0.364. The first-order chi connectivity index (χ1) is 12.7. The summed E-state index contributed by atoms with van der Waals surface area (Å²) in [5.41, 5.74) is 3.84. The Bertz CT molecular complexity index is 795. The smallest absolute Gasteiger partial charge is 0.338 e. The summed E-state index contributed by atoms with van der Waals surface area (Å²) in [4.78, 5) is 11.8. The van der Waals surface area contributed by atoms with Gasteiger partial charge in [0.2, 0.25) is 0 Å². The molecule has 144 valence electrons. The number of thiocarbonyl (C=S) groups is 1. The number of benzene rings is 2. The fourth-order valence-corrected chi connectivity index (χ4v) is 2.95. The molecule has 0 spiro atoms. The lowest BCUT2D eigenvalue weighted by molar-refractivity contribution is 0.0526. The molecule has 2 N–H and O–H groups in total. The summed E-state index contributed by atoms with van der Waals surface area (Å²) in [5.74, 6) is -0.340. The molecule has 0 aromatic heterocycles. The van der Waals surface area contributed by atoms with Crippen LogP contribution in [-0.4, -0.2) is 17.7 Å². The van der Waals surface area contributed by atoms with Crippen LogP contribution in [0.1, 0.15) is 62.1 Å². The third-order valence-electron chi connectivity index (χ3n) is 4.26. The van der Waals surface area contributed by atoms with Gasteiger partial charge in [0.1, 0.15) is 0 Å². The van der Waals surface area contributed by atoms with Crippen molar-refractivity contribution in [3.05, 3.63) is 65.2 Å². The second-order valence-corrected chi connectivity index (χ2v) is 7.90. The molecule has 0 bridgehead atoms. The first-order valence-corrected chi connectivity index (χ1v) is 9.56. The molecule has 0 amide bonds. The number of rotatable bonds is 5. The third kappa shape index (κ3) is 6.07. The molecular weight excluding hydrogens is 356 g/mol. The second kappa shape index (κ2) is 9.00. The van der Waals surface area contributed by atoms with Gasteiger partial charge in [0, 0.05) is 5.69 Å². The van der Waals surface area contributed by atoms with Crippen LogP contribution in [0.2, 0.25) is 0 Å². The van der Waals surface area contributed by atoms with Crippen LogP contribution in [0.3, 0.4) is 0 Å². The Balaban J connectivity index is 1.99. The molecule has 0 radical (unpaired) electrons. The van der Waals surface area contributed by atoms with Gasteiger partial charge in [-0.25, -0.2) is 4.79 Å². The van der Waals surface area contributed by atoms with Gasteiger partial charge in [0.15, 0.2) is 5.11 Å². The molecule has 4 nitrogen and oxygen atoms in total. The molecule has 0 fully saturated rings. The molecule has 0 aliphatic carbocycles. The van der Waals surface area contributed by atoms with Crippen LogP contribution in [0.4, 0.5) is 5.69 Å². The Morgan fingerprint density at radius 2 is 1.81 bits per heavy atom. The van der Waals surface area contributed by atoms with Crippen LogP contribution < -0.4 is 10.6 Å². The van der Waals surface area contributed by atoms with E-state index in [1.807, 2.05) is 6.07 Å².